The maximum absolute atomic E-state index is 12.7. The van der Waals surface area contributed by atoms with Crippen molar-refractivity contribution in [1.82, 2.24) is 25.2 Å². The molecule has 126 valence electrons. The van der Waals surface area contributed by atoms with Crippen LogP contribution in [0.4, 0.5) is 0 Å². The Labute approximate surface area is 144 Å². The SMILES string of the molecule is CNC(=O)C1CCCCN1C(=O)c1cn(-c2ccc(Cl)cc2)nn1. The van der Waals surface area contributed by atoms with Crippen molar-refractivity contribution in [2.75, 3.05) is 13.6 Å². The van der Waals surface area contributed by atoms with E-state index in [0.717, 1.165) is 18.5 Å². The molecule has 1 atom stereocenters. The fourth-order valence-electron chi connectivity index (χ4n) is 2.84. The lowest BCUT2D eigenvalue weighted by Gasteiger charge is -2.33. The van der Waals surface area contributed by atoms with Crippen molar-refractivity contribution in [2.24, 2.45) is 0 Å². The molecule has 1 N–H and O–H groups in total. The van der Waals surface area contributed by atoms with Gasteiger partial charge in [0.25, 0.3) is 5.91 Å². The molecule has 24 heavy (non-hydrogen) atoms. The molecule has 1 aromatic carbocycles. The number of hydrogen-bond acceptors (Lipinski definition) is 4. The molecule has 0 radical (unpaired) electrons. The van der Waals surface area contributed by atoms with E-state index in [0.29, 0.717) is 18.0 Å². The number of carbonyl (C=O) groups is 2. The third-order valence-electron chi connectivity index (χ3n) is 4.12. The molecule has 0 bridgehead atoms. The first-order valence-corrected chi connectivity index (χ1v) is 8.19. The van der Waals surface area contributed by atoms with Crippen LogP contribution in [-0.4, -0.2) is 51.3 Å². The second-order valence-corrected chi connectivity index (χ2v) is 6.09. The molecular formula is C16H18ClN5O2. The van der Waals surface area contributed by atoms with Crippen LogP contribution in [0.1, 0.15) is 29.8 Å². The van der Waals surface area contributed by atoms with Crippen LogP contribution in [0.2, 0.25) is 5.02 Å². The Morgan fingerprint density at radius 3 is 2.71 bits per heavy atom. The van der Waals surface area contributed by atoms with E-state index in [9.17, 15) is 9.59 Å². The second-order valence-electron chi connectivity index (χ2n) is 5.65. The summed E-state index contributed by atoms with van der Waals surface area (Å²) >= 11 is 5.87. The van der Waals surface area contributed by atoms with Crippen molar-refractivity contribution in [3.05, 3.63) is 41.2 Å². The molecule has 1 aliphatic rings. The van der Waals surface area contributed by atoms with Crippen LogP contribution in [-0.2, 0) is 4.79 Å². The number of hydrogen-bond donors (Lipinski definition) is 1. The average Bonchev–Trinajstić information content (AvgIpc) is 3.11. The predicted molar refractivity (Wildman–Crippen MR) is 89.1 cm³/mol. The predicted octanol–water partition coefficient (Wildman–Crippen LogP) is 1.66. The fourth-order valence-corrected chi connectivity index (χ4v) is 2.97. The van der Waals surface area contributed by atoms with Gasteiger partial charge in [0.1, 0.15) is 6.04 Å². The Kier molecular flexibility index (Phi) is 4.80. The second kappa shape index (κ2) is 7.00. The van der Waals surface area contributed by atoms with Crippen LogP contribution in [0.15, 0.2) is 30.5 Å². The summed E-state index contributed by atoms with van der Waals surface area (Å²) < 4.78 is 1.52. The number of rotatable bonds is 3. The topological polar surface area (TPSA) is 80.1 Å². The minimum absolute atomic E-state index is 0.145. The number of benzene rings is 1. The Morgan fingerprint density at radius 1 is 1.25 bits per heavy atom. The van der Waals surface area contributed by atoms with Gasteiger partial charge in [0.15, 0.2) is 5.69 Å². The van der Waals surface area contributed by atoms with Crippen LogP contribution in [0, 0.1) is 0 Å². The molecule has 1 aromatic heterocycles. The molecule has 0 saturated carbocycles. The quantitative estimate of drug-likeness (QED) is 0.915. The zero-order valence-electron chi connectivity index (χ0n) is 13.3. The number of carbonyl (C=O) groups excluding carboxylic acids is 2. The lowest BCUT2D eigenvalue weighted by molar-refractivity contribution is -0.126. The van der Waals surface area contributed by atoms with Crippen molar-refractivity contribution in [1.29, 1.82) is 0 Å². The van der Waals surface area contributed by atoms with Crippen molar-refractivity contribution in [2.45, 2.75) is 25.3 Å². The Morgan fingerprint density at radius 2 is 2.00 bits per heavy atom. The van der Waals surface area contributed by atoms with Crippen molar-refractivity contribution >= 4 is 23.4 Å². The summed E-state index contributed by atoms with van der Waals surface area (Å²) in [6, 6.07) is 6.62. The zero-order valence-corrected chi connectivity index (χ0v) is 14.0. The van der Waals surface area contributed by atoms with Gasteiger partial charge in [-0.2, -0.15) is 0 Å². The number of amides is 2. The minimum atomic E-state index is -0.447. The molecule has 8 heteroatoms. The van der Waals surface area contributed by atoms with Crippen LogP contribution in [0.5, 0.6) is 0 Å². The number of nitrogens with one attached hydrogen (secondary N) is 1. The summed E-state index contributed by atoms with van der Waals surface area (Å²) in [5.41, 5.74) is 0.980. The van der Waals surface area contributed by atoms with Crippen LogP contribution < -0.4 is 5.32 Å². The summed E-state index contributed by atoms with van der Waals surface area (Å²) in [5.74, 6) is -0.420. The van der Waals surface area contributed by atoms with Gasteiger partial charge in [0.2, 0.25) is 5.91 Å². The van der Waals surface area contributed by atoms with Gasteiger partial charge >= 0.3 is 0 Å². The largest absolute Gasteiger partial charge is 0.357 e. The molecule has 2 aromatic rings. The van der Waals surface area contributed by atoms with E-state index >= 15 is 0 Å². The number of piperidine rings is 1. The van der Waals surface area contributed by atoms with E-state index in [4.69, 9.17) is 11.6 Å². The summed E-state index contributed by atoms with van der Waals surface area (Å²) in [6.07, 6.45) is 4.04. The summed E-state index contributed by atoms with van der Waals surface area (Å²) in [5, 5.41) is 11.2. The number of likely N-dealkylation sites (tertiary alicyclic amines) is 1. The molecule has 7 nitrogen and oxygen atoms in total. The Balaban J connectivity index is 1.82. The van der Waals surface area contributed by atoms with Crippen LogP contribution in [0.3, 0.4) is 0 Å². The molecule has 1 fully saturated rings. The first kappa shape index (κ1) is 16.4. The fraction of sp³-hybridized carbons (Fsp3) is 0.375. The third-order valence-corrected chi connectivity index (χ3v) is 4.37. The lowest BCUT2D eigenvalue weighted by atomic mass is 10.0. The van der Waals surface area contributed by atoms with Crippen LogP contribution in [0.25, 0.3) is 5.69 Å². The van der Waals surface area contributed by atoms with E-state index in [2.05, 4.69) is 15.6 Å². The standard InChI is InChI=1S/C16H18ClN5O2/c1-18-15(23)14-4-2-3-9-21(14)16(24)13-10-22(20-19-13)12-7-5-11(17)6-8-12/h5-8,10,14H,2-4,9H2,1H3,(H,18,23). The maximum atomic E-state index is 12.7. The van der Waals surface area contributed by atoms with E-state index in [-0.39, 0.29) is 17.5 Å². The normalized spacial score (nSPS) is 17.6. The minimum Gasteiger partial charge on any atom is -0.357 e. The summed E-state index contributed by atoms with van der Waals surface area (Å²) in [7, 11) is 1.58. The highest BCUT2D eigenvalue weighted by Gasteiger charge is 2.33. The van der Waals surface area contributed by atoms with Crippen molar-refractivity contribution in [3.63, 3.8) is 0 Å². The molecule has 1 unspecified atom stereocenters. The smallest absolute Gasteiger partial charge is 0.276 e. The van der Waals surface area contributed by atoms with Crippen LogP contribution >= 0.6 is 11.6 Å². The molecule has 1 saturated heterocycles. The first-order chi connectivity index (χ1) is 11.6. The highest BCUT2D eigenvalue weighted by molar-refractivity contribution is 6.30. The lowest BCUT2D eigenvalue weighted by Crippen LogP contribution is -2.51. The van der Waals surface area contributed by atoms with E-state index in [1.165, 1.54) is 4.68 Å². The van der Waals surface area contributed by atoms with Gasteiger partial charge in [-0.25, -0.2) is 4.68 Å². The number of likely N-dealkylation sites (N-methyl/N-ethyl adjacent to an activating group) is 1. The van der Waals surface area contributed by atoms with E-state index in [1.54, 1.807) is 42.4 Å². The number of aromatic nitrogens is 3. The summed E-state index contributed by atoms with van der Waals surface area (Å²) in [4.78, 5) is 26.3. The van der Waals surface area contributed by atoms with Gasteiger partial charge in [0, 0.05) is 18.6 Å². The van der Waals surface area contributed by atoms with E-state index in [1.807, 2.05) is 0 Å². The Bertz CT molecular complexity index is 743. The number of nitrogens with zero attached hydrogens (tertiary/aromatic N) is 4. The van der Waals surface area contributed by atoms with Gasteiger partial charge in [0.05, 0.1) is 11.9 Å². The molecule has 0 aliphatic carbocycles. The average molecular weight is 348 g/mol. The zero-order chi connectivity index (χ0) is 17.1. The van der Waals surface area contributed by atoms with E-state index < -0.39 is 6.04 Å². The molecule has 2 amide bonds. The van der Waals surface area contributed by atoms with Gasteiger partial charge in [-0.1, -0.05) is 16.8 Å². The van der Waals surface area contributed by atoms with Gasteiger partial charge in [-0.05, 0) is 43.5 Å². The van der Waals surface area contributed by atoms with Gasteiger partial charge in [-0.15, -0.1) is 5.10 Å². The molecule has 1 aliphatic heterocycles. The van der Waals surface area contributed by atoms with Gasteiger partial charge < -0.3 is 10.2 Å². The number of halogens is 1. The Hall–Kier alpha value is -2.41. The highest BCUT2D eigenvalue weighted by Crippen LogP contribution is 2.20. The molecule has 3 rings (SSSR count). The molecular weight excluding hydrogens is 330 g/mol. The third kappa shape index (κ3) is 3.26. The van der Waals surface area contributed by atoms with Gasteiger partial charge in [-0.3, -0.25) is 9.59 Å². The summed E-state index contributed by atoms with van der Waals surface area (Å²) in [6.45, 7) is 0.546. The monoisotopic (exact) mass is 347 g/mol. The first-order valence-electron chi connectivity index (χ1n) is 7.81. The molecule has 0 spiro atoms. The van der Waals surface area contributed by atoms with Crippen molar-refractivity contribution in [3.8, 4) is 5.69 Å². The highest BCUT2D eigenvalue weighted by atomic mass is 35.5. The maximum Gasteiger partial charge on any atom is 0.276 e. The van der Waals surface area contributed by atoms with Crippen molar-refractivity contribution < 1.29 is 9.59 Å². The molecule has 2 heterocycles.